The van der Waals surface area contributed by atoms with Crippen LogP contribution in [0.5, 0.6) is 0 Å². The molecule has 0 aliphatic heterocycles. The number of esters is 2. The lowest BCUT2D eigenvalue weighted by atomic mass is 10.2. The van der Waals surface area contributed by atoms with Crippen LogP contribution in [0.2, 0.25) is 0 Å². The molecule has 2 unspecified atom stereocenters. The summed E-state index contributed by atoms with van der Waals surface area (Å²) in [6.07, 6.45) is -1.32. The summed E-state index contributed by atoms with van der Waals surface area (Å²) < 4.78 is 9.32. The fourth-order valence-electron chi connectivity index (χ4n) is 0.681. The Morgan fingerprint density at radius 2 is 1.29 bits per heavy atom. The van der Waals surface area contributed by atoms with Crippen molar-refractivity contribution < 1.29 is 29.3 Å². The Morgan fingerprint density at radius 1 is 1.00 bits per heavy atom. The van der Waals surface area contributed by atoms with Crippen molar-refractivity contribution >= 4 is 11.9 Å². The predicted octanol–water partition coefficient (Wildman–Crippen LogP) is -1.17. The van der Waals surface area contributed by atoms with E-state index in [0.29, 0.717) is 0 Å². The molecule has 0 saturated carbocycles. The Labute approximate surface area is 81.4 Å². The summed E-state index contributed by atoms with van der Waals surface area (Å²) in [6.45, 7) is 1.60. The molecule has 0 aromatic heterocycles. The van der Waals surface area contributed by atoms with Crippen LogP contribution < -0.4 is 0 Å². The van der Waals surface area contributed by atoms with E-state index in [1.807, 2.05) is 0 Å². The number of hydrogen-bond acceptors (Lipinski definition) is 6. The molecule has 0 bridgehead atoms. The van der Waals surface area contributed by atoms with Crippen molar-refractivity contribution in [2.75, 3.05) is 13.2 Å². The second-order valence-electron chi connectivity index (χ2n) is 2.71. The van der Waals surface area contributed by atoms with Gasteiger partial charge in [0.15, 0.2) is 0 Å². The first-order chi connectivity index (χ1) is 6.51. The molecule has 0 heterocycles. The summed E-state index contributed by atoms with van der Waals surface area (Å²) in [5.41, 5.74) is 0. The van der Waals surface area contributed by atoms with Gasteiger partial charge in [-0.2, -0.15) is 0 Å². The lowest BCUT2D eigenvalue weighted by Crippen LogP contribution is -2.32. The highest BCUT2D eigenvalue weighted by Crippen LogP contribution is 2.03. The van der Waals surface area contributed by atoms with Crippen LogP contribution in [0.25, 0.3) is 0 Å². The summed E-state index contributed by atoms with van der Waals surface area (Å²) >= 11 is 0. The number of aliphatic hydroxyl groups is 2. The second-order valence-corrected chi connectivity index (χ2v) is 2.71. The van der Waals surface area contributed by atoms with Gasteiger partial charge in [0, 0.05) is 0 Å². The summed E-state index contributed by atoms with van der Waals surface area (Å²) in [4.78, 5) is 21.2. The third kappa shape index (κ3) is 4.78. The van der Waals surface area contributed by atoms with E-state index in [-0.39, 0.29) is 0 Å². The topological polar surface area (TPSA) is 93.1 Å². The standard InChI is InChI=1S/C8H14O6/c1-5(13-7(11)3-9)6(2)14-8(12)4-10/h5-6,9-10H,3-4H2,1-2H3. The number of rotatable bonds is 5. The Hall–Kier alpha value is -1.14. The normalized spacial score (nSPS) is 14.3. The van der Waals surface area contributed by atoms with E-state index in [2.05, 4.69) is 9.47 Å². The molecular weight excluding hydrogens is 192 g/mol. The van der Waals surface area contributed by atoms with Crippen LogP contribution >= 0.6 is 0 Å². The highest BCUT2D eigenvalue weighted by atomic mass is 16.6. The van der Waals surface area contributed by atoms with Gasteiger partial charge in [0.05, 0.1) is 0 Å². The van der Waals surface area contributed by atoms with E-state index in [4.69, 9.17) is 10.2 Å². The average molecular weight is 206 g/mol. The Morgan fingerprint density at radius 3 is 1.50 bits per heavy atom. The van der Waals surface area contributed by atoms with E-state index < -0.39 is 37.4 Å². The molecule has 0 spiro atoms. The van der Waals surface area contributed by atoms with Crippen molar-refractivity contribution in [2.45, 2.75) is 26.1 Å². The minimum Gasteiger partial charge on any atom is -0.457 e. The lowest BCUT2D eigenvalue weighted by Gasteiger charge is -2.19. The first-order valence-electron chi connectivity index (χ1n) is 4.12. The molecule has 14 heavy (non-hydrogen) atoms. The molecule has 0 radical (unpaired) electrons. The molecule has 0 aromatic carbocycles. The first kappa shape index (κ1) is 12.9. The second kappa shape index (κ2) is 6.33. The zero-order valence-corrected chi connectivity index (χ0v) is 8.10. The molecule has 0 aliphatic carbocycles. The van der Waals surface area contributed by atoms with E-state index >= 15 is 0 Å². The molecule has 82 valence electrons. The highest BCUT2D eigenvalue weighted by molar-refractivity contribution is 5.71. The molecule has 6 heteroatoms. The summed E-state index contributed by atoms with van der Waals surface area (Å²) in [5.74, 6) is -1.58. The van der Waals surface area contributed by atoms with Crippen molar-refractivity contribution in [1.82, 2.24) is 0 Å². The van der Waals surface area contributed by atoms with Crippen LogP contribution in [0, 0.1) is 0 Å². The summed E-state index contributed by atoms with van der Waals surface area (Å²) in [6, 6.07) is 0. The van der Waals surface area contributed by atoms with Gasteiger partial charge in [0.25, 0.3) is 0 Å². The van der Waals surface area contributed by atoms with Gasteiger partial charge in [-0.25, -0.2) is 9.59 Å². The van der Waals surface area contributed by atoms with Crippen LogP contribution in [0.1, 0.15) is 13.8 Å². The van der Waals surface area contributed by atoms with Gasteiger partial charge >= 0.3 is 11.9 Å². The van der Waals surface area contributed by atoms with Crippen molar-refractivity contribution in [3.8, 4) is 0 Å². The number of aliphatic hydroxyl groups excluding tert-OH is 2. The molecule has 0 rings (SSSR count). The SMILES string of the molecule is CC(OC(=O)CO)C(C)OC(=O)CO. The first-order valence-corrected chi connectivity index (χ1v) is 4.12. The predicted molar refractivity (Wildman–Crippen MR) is 45.3 cm³/mol. The quantitative estimate of drug-likeness (QED) is 0.551. The van der Waals surface area contributed by atoms with Crippen LogP contribution in [0.15, 0.2) is 0 Å². The molecule has 6 nitrogen and oxygen atoms in total. The van der Waals surface area contributed by atoms with Gasteiger partial charge in [0.1, 0.15) is 25.4 Å². The Kier molecular flexibility index (Phi) is 5.82. The molecule has 2 atom stereocenters. The fraction of sp³-hybridized carbons (Fsp3) is 0.750. The number of hydrogen-bond donors (Lipinski definition) is 2. The van der Waals surface area contributed by atoms with Crippen LogP contribution in [0.3, 0.4) is 0 Å². The van der Waals surface area contributed by atoms with Crippen LogP contribution in [-0.4, -0.2) is 47.6 Å². The molecule has 0 saturated heterocycles. The van der Waals surface area contributed by atoms with Crippen molar-refractivity contribution in [3.63, 3.8) is 0 Å². The summed E-state index contributed by atoms with van der Waals surface area (Å²) in [5, 5.41) is 16.7. The minimum absolute atomic E-state index is 0.662. The maximum atomic E-state index is 10.6. The highest BCUT2D eigenvalue weighted by Gasteiger charge is 2.19. The van der Waals surface area contributed by atoms with Gasteiger partial charge in [-0.3, -0.25) is 0 Å². The van der Waals surface area contributed by atoms with E-state index in [1.54, 1.807) is 0 Å². The molecule has 0 aromatic rings. The lowest BCUT2D eigenvalue weighted by molar-refractivity contribution is -0.168. The zero-order valence-electron chi connectivity index (χ0n) is 8.10. The van der Waals surface area contributed by atoms with Gasteiger partial charge in [0.2, 0.25) is 0 Å². The number of carbonyl (C=O) groups is 2. The smallest absolute Gasteiger partial charge is 0.332 e. The maximum Gasteiger partial charge on any atom is 0.332 e. The molecule has 0 amide bonds. The minimum atomic E-state index is -0.788. The van der Waals surface area contributed by atoms with Crippen LogP contribution in [-0.2, 0) is 19.1 Å². The number of carbonyl (C=O) groups excluding carboxylic acids is 2. The van der Waals surface area contributed by atoms with Crippen molar-refractivity contribution in [2.24, 2.45) is 0 Å². The molecule has 0 fully saturated rings. The largest absolute Gasteiger partial charge is 0.457 e. The summed E-state index contributed by atoms with van der Waals surface area (Å²) in [7, 11) is 0. The monoisotopic (exact) mass is 206 g/mol. The Balaban J connectivity index is 3.92. The van der Waals surface area contributed by atoms with Gasteiger partial charge in [-0.05, 0) is 13.8 Å². The fourth-order valence-corrected chi connectivity index (χ4v) is 0.681. The zero-order chi connectivity index (χ0) is 11.1. The van der Waals surface area contributed by atoms with Gasteiger partial charge in [-0.1, -0.05) is 0 Å². The molecule has 0 aliphatic rings. The van der Waals surface area contributed by atoms with E-state index in [9.17, 15) is 9.59 Å². The average Bonchev–Trinajstić information content (AvgIpc) is 2.17. The van der Waals surface area contributed by atoms with Crippen molar-refractivity contribution in [1.29, 1.82) is 0 Å². The molecular formula is C8H14O6. The van der Waals surface area contributed by atoms with Crippen molar-refractivity contribution in [3.05, 3.63) is 0 Å². The van der Waals surface area contributed by atoms with Gasteiger partial charge in [-0.15, -0.1) is 0 Å². The maximum absolute atomic E-state index is 10.6. The Bertz CT molecular complexity index is 180. The third-order valence-corrected chi connectivity index (χ3v) is 1.55. The van der Waals surface area contributed by atoms with Gasteiger partial charge < -0.3 is 19.7 Å². The third-order valence-electron chi connectivity index (χ3n) is 1.55. The van der Waals surface area contributed by atoms with E-state index in [1.165, 1.54) is 13.8 Å². The van der Waals surface area contributed by atoms with E-state index in [0.717, 1.165) is 0 Å². The number of ether oxygens (including phenoxy) is 2. The molecule has 2 N–H and O–H groups in total. The van der Waals surface area contributed by atoms with Crippen LogP contribution in [0.4, 0.5) is 0 Å².